The largest absolute Gasteiger partial charge is 0.384 e. The van der Waals surface area contributed by atoms with Gasteiger partial charge in [-0.05, 0) is 19.1 Å². The third kappa shape index (κ3) is 3.65. The summed E-state index contributed by atoms with van der Waals surface area (Å²) in [5, 5.41) is 0. The number of nitrogens with two attached hydrogens (primary N) is 1. The summed E-state index contributed by atoms with van der Waals surface area (Å²) in [5.74, 6) is -0.553. The van der Waals surface area contributed by atoms with Crippen LogP contribution in [0.25, 0.3) is 0 Å². The number of hydrogen-bond donors (Lipinski definition) is 1. The first-order chi connectivity index (χ1) is 13.2. The number of aromatic nitrogens is 2. The van der Waals surface area contributed by atoms with Crippen LogP contribution in [0.3, 0.4) is 0 Å². The van der Waals surface area contributed by atoms with E-state index in [4.69, 9.17) is 5.73 Å². The molecule has 28 heavy (non-hydrogen) atoms. The maximum atomic E-state index is 12.7. The number of carbonyl (C=O) groups excluding carboxylic acids is 2. The van der Waals surface area contributed by atoms with E-state index in [2.05, 4.69) is 0 Å². The van der Waals surface area contributed by atoms with Gasteiger partial charge in [0.2, 0.25) is 0 Å². The molecular weight excluding hydrogens is 382 g/mol. The zero-order valence-electron chi connectivity index (χ0n) is 16.1. The van der Waals surface area contributed by atoms with Gasteiger partial charge in [0.25, 0.3) is 11.5 Å². The number of nitrogens with zero attached hydrogens (tertiary/aromatic N) is 4. The van der Waals surface area contributed by atoms with Crippen LogP contribution in [0.5, 0.6) is 0 Å². The van der Waals surface area contributed by atoms with Crippen LogP contribution >= 0.6 is 11.3 Å². The Labute approximate surface area is 165 Å². The highest BCUT2D eigenvalue weighted by atomic mass is 32.1. The number of nitrogen functional groups attached to an aromatic ring is 1. The second-order valence-electron chi connectivity index (χ2n) is 6.87. The van der Waals surface area contributed by atoms with Crippen molar-refractivity contribution in [1.29, 1.82) is 0 Å². The molecule has 1 fully saturated rings. The smallest absolute Gasteiger partial charge is 0.332 e. The zero-order chi connectivity index (χ0) is 20.6. The maximum Gasteiger partial charge on any atom is 0.332 e. The van der Waals surface area contributed by atoms with Crippen LogP contribution < -0.4 is 17.0 Å². The van der Waals surface area contributed by atoms with Crippen molar-refractivity contribution in [3.8, 4) is 0 Å². The van der Waals surface area contributed by atoms with E-state index in [9.17, 15) is 19.2 Å². The van der Waals surface area contributed by atoms with Gasteiger partial charge in [0.1, 0.15) is 11.4 Å². The van der Waals surface area contributed by atoms with E-state index < -0.39 is 17.0 Å². The summed E-state index contributed by atoms with van der Waals surface area (Å²) >= 11 is 1.47. The minimum absolute atomic E-state index is 0.000231. The molecule has 3 rings (SSSR count). The number of anilines is 1. The summed E-state index contributed by atoms with van der Waals surface area (Å²) in [6.07, 6.45) is 0. The summed E-state index contributed by atoms with van der Waals surface area (Å²) in [7, 11) is 2.74. The van der Waals surface area contributed by atoms with Crippen LogP contribution in [0, 0.1) is 6.92 Å². The number of Topliss-reactive ketones (excluding diaryl/α,β-unsaturated/α-hetero) is 1. The molecule has 3 heterocycles. The molecule has 0 unspecified atom stereocenters. The van der Waals surface area contributed by atoms with Crippen molar-refractivity contribution >= 4 is 28.8 Å². The lowest BCUT2D eigenvalue weighted by atomic mass is 10.1. The number of piperazine rings is 1. The third-order valence-corrected chi connectivity index (χ3v) is 5.96. The molecule has 2 aromatic rings. The molecule has 150 valence electrons. The molecule has 0 radical (unpaired) electrons. The molecule has 1 saturated heterocycles. The summed E-state index contributed by atoms with van der Waals surface area (Å²) < 4.78 is 1.97. The first kappa shape index (κ1) is 20.0. The molecule has 0 bridgehead atoms. The Morgan fingerprint density at radius 3 is 2.29 bits per heavy atom. The second-order valence-corrected chi connectivity index (χ2v) is 8.16. The number of hydrogen-bond acceptors (Lipinski definition) is 7. The highest BCUT2D eigenvalue weighted by Gasteiger charge is 2.26. The molecule has 1 aliphatic heterocycles. The predicted octanol–water partition coefficient (Wildman–Crippen LogP) is -0.323. The van der Waals surface area contributed by atoms with Gasteiger partial charge in [0.05, 0.1) is 11.4 Å². The topological polar surface area (TPSA) is 111 Å². The van der Waals surface area contributed by atoms with E-state index in [1.807, 2.05) is 24.0 Å². The Bertz CT molecular complexity index is 1040. The van der Waals surface area contributed by atoms with Gasteiger partial charge in [-0.1, -0.05) is 0 Å². The molecule has 0 saturated carbocycles. The Kier molecular flexibility index (Phi) is 5.52. The molecule has 2 N–H and O–H groups in total. The minimum atomic E-state index is -0.688. The first-order valence-corrected chi connectivity index (χ1v) is 9.69. The van der Waals surface area contributed by atoms with Gasteiger partial charge in [-0.25, -0.2) is 4.79 Å². The van der Waals surface area contributed by atoms with E-state index in [0.29, 0.717) is 31.1 Å². The minimum Gasteiger partial charge on any atom is -0.384 e. The van der Waals surface area contributed by atoms with Gasteiger partial charge >= 0.3 is 5.69 Å². The van der Waals surface area contributed by atoms with Crippen molar-refractivity contribution in [2.45, 2.75) is 6.92 Å². The lowest BCUT2D eigenvalue weighted by Crippen LogP contribution is -2.50. The highest BCUT2D eigenvalue weighted by Crippen LogP contribution is 2.18. The van der Waals surface area contributed by atoms with E-state index in [1.54, 1.807) is 4.90 Å². The van der Waals surface area contributed by atoms with Crippen molar-refractivity contribution < 1.29 is 9.59 Å². The fourth-order valence-electron chi connectivity index (χ4n) is 3.22. The Morgan fingerprint density at radius 2 is 1.71 bits per heavy atom. The molecule has 0 aromatic carbocycles. The van der Waals surface area contributed by atoms with Crippen LogP contribution in [0.15, 0.2) is 21.7 Å². The summed E-state index contributed by atoms with van der Waals surface area (Å²) in [6.45, 7) is 4.02. The lowest BCUT2D eigenvalue weighted by molar-refractivity contribution is 0.0628. The van der Waals surface area contributed by atoms with Crippen molar-refractivity contribution in [3.63, 3.8) is 0 Å². The highest BCUT2D eigenvalue weighted by molar-refractivity contribution is 7.13. The van der Waals surface area contributed by atoms with E-state index in [-0.39, 0.29) is 23.8 Å². The molecular formula is C18H23N5O4S. The van der Waals surface area contributed by atoms with Gasteiger partial charge < -0.3 is 10.6 Å². The quantitative estimate of drug-likeness (QED) is 0.698. The Balaban J connectivity index is 1.67. The van der Waals surface area contributed by atoms with Gasteiger partial charge in [-0.15, -0.1) is 11.3 Å². The maximum absolute atomic E-state index is 12.7. The molecule has 1 aliphatic rings. The Morgan fingerprint density at radius 1 is 1.07 bits per heavy atom. The molecule has 1 amide bonds. The van der Waals surface area contributed by atoms with Gasteiger partial charge in [0, 0.05) is 45.2 Å². The Hall–Kier alpha value is -2.72. The van der Waals surface area contributed by atoms with E-state index in [1.165, 1.54) is 25.4 Å². The number of rotatable bonds is 4. The fraction of sp³-hybridized carbons (Fsp3) is 0.444. The predicted molar refractivity (Wildman–Crippen MR) is 107 cm³/mol. The second kappa shape index (κ2) is 7.72. The van der Waals surface area contributed by atoms with Crippen molar-refractivity contribution in [2.75, 3.05) is 38.5 Å². The number of amides is 1. The van der Waals surface area contributed by atoms with E-state index >= 15 is 0 Å². The number of carbonyl (C=O) groups is 2. The van der Waals surface area contributed by atoms with Crippen LogP contribution in [0.1, 0.15) is 24.9 Å². The van der Waals surface area contributed by atoms with Crippen molar-refractivity contribution in [2.24, 2.45) is 14.1 Å². The van der Waals surface area contributed by atoms with Gasteiger partial charge in [-0.3, -0.25) is 28.4 Å². The summed E-state index contributed by atoms with van der Waals surface area (Å²) in [5.41, 5.74) is 4.41. The first-order valence-electron chi connectivity index (χ1n) is 8.87. The van der Waals surface area contributed by atoms with E-state index in [0.717, 1.165) is 14.0 Å². The number of ketones is 1. The molecule has 0 atom stereocenters. The SMILES string of the molecule is Cc1ccc(C(=O)N2CCN(CC(=O)c3c(N)n(C)c(=O)n(C)c3=O)CC2)s1. The van der Waals surface area contributed by atoms with Crippen molar-refractivity contribution in [1.82, 2.24) is 18.9 Å². The van der Waals surface area contributed by atoms with Crippen LogP contribution in [-0.4, -0.2) is 63.3 Å². The fourth-order valence-corrected chi connectivity index (χ4v) is 4.05. The van der Waals surface area contributed by atoms with Crippen LogP contribution in [0.4, 0.5) is 5.82 Å². The monoisotopic (exact) mass is 405 g/mol. The molecule has 9 nitrogen and oxygen atoms in total. The normalized spacial score (nSPS) is 15.0. The summed E-state index contributed by atoms with van der Waals surface area (Å²) in [4.78, 5) is 54.9. The standard InChI is InChI=1S/C18H23N5O4S/c1-11-4-5-13(28-11)16(25)23-8-6-22(7-9-23)10-12(24)14-15(19)20(2)18(27)21(3)17(14)26/h4-5H,6-10,19H2,1-3H3. The lowest BCUT2D eigenvalue weighted by Gasteiger charge is -2.34. The average Bonchev–Trinajstić information content (AvgIpc) is 3.11. The van der Waals surface area contributed by atoms with Crippen LogP contribution in [-0.2, 0) is 14.1 Å². The summed E-state index contributed by atoms with van der Waals surface area (Å²) in [6, 6.07) is 3.75. The number of aryl methyl sites for hydroxylation is 1. The zero-order valence-corrected chi connectivity index (χ0v) is 16.9. The van der Waals surface area contributed by atoms with Crippen LogP contribution in [0.2, 0.25) is 0 Å². The van der Waals surface area contributed by atoms with Gasteiger partial charge in [0.15, 0.2) is 5.78 Å². The third-order valence-electron chi connectivity index (χ3n) is 4.97. The van der Waals surface area contributed by atoms with Crippen molar-refractivity contribution in [3.05, 3.63) is 48.3 Å². The van der Waals surface area contributed by atoms with Gasteiger partial charge in [-0.2, -0.15) is 0 Å². The molecule has 2 aromatic heterocycles. The molecule has 0 aliphatic carbocycles. The average molecular weight is 405 g/mol. The molecule has 0 spiro atoms. The molecule has 10 heteroatoms. The number of thiophene rings is 1.